The fraction of sp³-hybridized carbons (Fsp3) is 0.708. The molecule has 0 radical (unpaired) electrons. The molecule has 2 saturated heterocycles. The molecule has 9 heteroatoms. The molecule has 0 bridgehead atoms. The zero-order valence-electron chi connectivity index (χ0n) is 21.5. The Bertz CT molecular complexity index is 886. The van der Waals surface area contributed by atoms with Crippen molar-refractivity contribution in [3.8, 4) is 0 Å². The normalized spacial score (nSPS) is 20.7. The molecule has 0 N–H and O–H groups in total. The minimum atomic E-state index is -0.840. The van der Waals surface area contributed by atoms with Crippen LogP contribution in [0.25, 0.3) is 0 Å². The summed E-state index contributed by atoms with van der Waals surface area (Å²) in [5.74, 6) is -0.0232. The number of amides is 2. The highest BCUT2D eigenvalue weighted by Gasteiger charge is 2.52. The zero-order chi connectivity index (χ0) is 24.8. The molecule has 2 amide bonds. The molecule has 1 aromatic rings. The van der Waals surface area contributed by atoms with Gasteiger partial charge in [-0.2, -0.15) is 0 Å². The van der Waals surface area contributed by atoms with Gasteiger partial charge in [0.15, 0.2) is 0 Å². The molecule has 33 heavy (non-hydrogen) atoms. The van der Waals surface area contributed by atoms with Gasteiger partial charge in [0.1, 0.15) is 5.60 Å². The predicted molar refractivity (Wildman–Crippen MR) is 127 cm³/mol. The fourth-order valence-electron chi connectivity index (χ4n) is 3.84. The molecule has 0 atom stereocenters. The lowest BCUT2D eigenvalue weighted by Crippen LogP contribution is -2.55. The summed E-state index contributed by atoms with van der Waals surface area (Å²) in [7, 11) is -0.514. The van der Waals surface area contributed by atoms with Crippen LogP contribution in [0.3, 0.4) is 0 Å². The van der Waals surface area contributed by atoms with Crippen molar-refractivity contribution in [2.45, 2.75) is 84.5 Å². The molecule has 0 aliphatic carbocycles. The Hall–Kier alpha value is -2.13. The third kappa shape index (κ3) is 5.35. The van der Waals surface area contributed by atoms with Crippen molar-refractivity contribution in [3.05, 3.63) is 24.0 Å². The van der Waals surface area contributed by atoms with Crippen molar-refractivity contribution < 1.29 is 23.6 Å². The number of hydrogen-bond donors (Lipinski definition) is 0. The summed E-state index contributed by atoms with van der Waals surface area (Å²) < 4.78 is 17.8. The van der Waals surface area contributed by atoms with Crippen molar-refractivity contribution in [1.82, 2.24) is 14.8 Å². The van der Waals surface area contributed by atoms with E-state index in [1.54, 1.807) is 16.0 Å². The third-order valence-corrected chi connectivity index (χ3v) is 6.70. The van der Waals surface area contributed by atoms with Crippen molar-refractivity contribution in [2.75, 3.05) is 26.2 Å². The Morgan fingerprint density at radius 2 is 1.48 bits per heavy atom. The maximum absolute atomic E-state index is 13.5. The SMILES string of the molecule is CC(C)(C)OC(=O)N1CCN(C(=O)C(C)(C)c2cc(B3OC(C)(C)C(C)(C)O3)ccn2)CC1. The van der Waals surface area contributed by atoms with Gasteiger partial charge in [0.25, 0.3) is 0 Å². The monoisotopic (exact) mass is 459 g/mol. The average Bonchev–Trinajstić information content (AvgIpc) is 2.93. The van der Waals surface area contributed by atoms with E-state index in [1.165, 1.54) is 0 Å². The number of rotatable bonds is 3. The molecule has 2 aliphatic heterocycles. The molecule has 0 saturated carbocycles. The van der Waals surface area contributed by atoms with E-state index in [4.69, 9.17) is 14.0 Å². The maximum atomic E-state index is 13.5. The summed E-state index contributed by atoms with van der Waals surface area (Å²) in [6.45, 7) is 19.1. The van der Waals surface area contributed by atoms with Crippen LogP contribution in [0.15, 0.2) is 18.3 Å². The van der Waals surface area contributed by atoms with Gasteiger partial charge < -0.3 is 23.8 Å². The minimum absolute atomic E-state index is 0.0232. The first-order valence-corrected chi connectivity index (χ1v) is 11.6. The van der Waals surface area contributed by atoms with Gasteiger partial charge in [0.05, 0.1) is 22.3 Å². The quantitative estimate of drug-likeness (QED) is 0.647. The summed E-state index contributed by atoms with van der Waals surface area (Å²) in [5, 5.41) is 0. The van der Waals surface area contributed by atoms with Crippen molar-refractivity contribution in [2.24, 2.45) is 0 Å². The van der Waals surface area contributed by atoms with E-state index in [-0.39, 0.29) is 12.0 Å². The van der Waals surface area contributed by atoms with Crippen LogP contribution in [0, 0.1) is 0 Å². The number of piperazine rings is 1. The molecular formula is C24H38BN3O5. The van der Waals surface area contributed by atoms with Gasteiger partial charge in [-0.1, -0.05) is 0 Å². The fourth-order valence-corrected chi connectivity index (χ4v) is 3.84. The molecule has 0 spiro atoms. The van der Waals surface area contributed by atoms with E-state index in [1.807, 2.05) is 74.4 Å². The molecular weight excluding hydrogens is 421 g/mol. The highest BCUT2D eigenvalue weighted by Crippen LogP contribution is 2.36. The number of carbonyl (C=O) groups is 2. The molecule has 1 aromatic heterocycles. The Kier molecular flexibility index (Phi) is 6.63. The van der Waals surface area contributed by atoms with E-state index in [2.05, 4.69) is 4.98 Å². The van der Waals surface area contributed by atoms with Gasteiger partial charge in [0.2, 0.25) is 5.91 Å². The molecule has 8 nitrogen and oxygen atoms in total. The first kappa shape index (κ1) is 25.5. The number of nitrogens with zero attached hydrogens (tertiary/aromatic N) is 3. The summed E-state index contributed by atoms with van der Waals surface area (Å²) in [5.41, 5.74) is -0.766. The standard InChI is InChI=1S/C24H38BN3O5/c1-21(2,3)31-20(30)28-14-12-27(13-15-28)19(29)22(4,5)18-16-17(10-11-26-18)25-32-23(6,7)24(8,9)33-25/h10-11,16H,12-15H2,1-9H3. The second kappa shape index (κ2) is 8.58. The Morgan fingerprint density at radius 3 is 2.00 bits per heavy atom. The number of pyridine rings is 1. The van der Waals surface area contributed by atoms with Crippen LogP contribution in [-0.4, -0.2) is 76.9 Å². The van der Waals surface area contributed by atoms with E-state index in [0.29, 0.717) is 31.9 Å². The van der Waals surface area contributed by atoms with Crippen LogP contribution >= 0.6 is 0 Å². The summed E-state index contributed by atoms with van der Waals surface area (Å²) in [4.78, 5) is 33.7. The van der Waals surface area contributed by atoms with Crippen molar-refractivity contribution >= 4 is 24.6 Å². The summed E-state index contributed by atoms with van der Waals surface area (Å²) in [6.07, 6.45) is 1.36. The van der Waals surface area contributed by atoms with Crippen LogP contribution in [-0.2, 0) is 24.3 Å². The lowest BCUT2D eigenvalue weighted by Gasteiger charge is -2.38. The van der Waals surface area contributed by atoms with E-state index < -0.39 is 29.3 Å². The van der Waals surface area contributed by atoms with Crippen LogP contribution in [0.5, 0.6) is 0 Å². The topological polar surface area (TPSA) is 81.2 Å². The van der Waals surface area contributed by atoms with Gasteiger partial charge in [0, 0.05) is 32.4 Å². The number of carbonyl (C=O) groups excluding carboxylic acids is 2. The molecule has 3 rings (SSSR count). The largest absolute Gasteiger partial charge is 0.494 e. The third-order valence-electron chi connectivity index (χ3n) is 6.70. The molecule has 2 fully saturated rings. The second-order valence-electron chi connectivity index (χ2n) is 11.4. The zero-order valence-corrected chi connectivity index (χ0v) is 21.5. The van der Waals surface area contributed by atoms with E-state index in [9.17, 15) is 9.59 Å². The Morgan fingerprint density at radius 1 is 0.970 bits per heavy atom. The minimum Gasteiger partial charge on any atom is -0.444 e. The molecule has 0 aromatic carbocycles. The van der Waals surface area contributed by atoms with Crippen LogP contribution in [0.4, 0.5) is 4.79 Å². The summed E-state index contributed by atoms with van der Waals surface area (Å²) >= 11 is 0. The average molecular weight is 459 g/mol. The Labute approximate surface area is 198 Å². The number of hydrogen-bond acceptors (Lipinski definition) is 6. The smallest absolute Gasteiger partial charge is 0.444 e. The van der Waals surface area contributed by atoms with E-state index >= 15 is 0 Å². The molecule has 0 unspecified atom stereocenters. The highest BCUT2D eigenvalue weighted by atomic mass is 16.7. The lowest BCUT2D eigenvalue weighted by molar-refractivity contribution is -0.138. The van der Waals surface area contributed by atoms with Crippen LogP contribution < -0.4 is 5.46 Å². The van der Waals surface area contributed by atoms with Crippen molar-refractivity contribution in [3.63, 3.8) is 0 Å². The van der Waals surface area contributed by atoms with E-state index in [0.717, 1.165) is 5.46 Å². The summed E-state index contributed by atoms with van der Waals surface area (Å²) in [6, 6.07) is 3.77. The number of ether oxygens (including phenoxy) is 1. The first-order valence-electron chi connectivity index (χ1n) is 11.6. The van der Waals surface area contributed by atoms with Crippen LogP contribution in [0.1, 0.15) is 68.0 Å². The Balaban J connectivity index is 1.69. The second-order valence-corrected chi connectivity index (χ2v) is 11.4. The first-order chi connectivity index (χ1) is 15.0. The van der Waals surface area contributed by atoms with Crippen LogP contribution in [0.2, 0.25) is 0 Å². The molecule has 182 valence electrons. The number of aromatic nitrogens is 1. The van der Waals surface area contributed by atoms with Gasteiger partial charge in [-0.25, -0.2) is 4.79 Å². The van der Waals surface area contributed by atoms with Gasteiger partial charge in [-0.05, 0) is 79.9 Å². The lowest BCUT2D eigenvalue weighted by atomic mass is 9.76. The van der Waals surface area contributed by atoms with Gasteiger partial charge >= 0.3 is 13.2 Å². The maximum Gasteiger partial charge on any atom is 0.494 e. The molecule has 3 heterocycles. The van der Waals surface area contributed by atoms with Gasteiger partial charge in [-0.3, -0.25) is 9.78 Å². The van der Waals surface area contributed by atoms with Crippen molar-refractivity contribution in [1.29, 1.82) is 0 Å². The van der Waals surface area contributed by atoms with Gasteiger partial charge in [-0.15, -0.1) is 0 Å². The highest BCUT2D eigenvalue weighted by molar-refractivity contribution is 6.62. The predicted octanol–water partition coefficient (Wildman–Crippen LogP) is 2.74. The molecule has 2 aliphatic rings.